The molecule has 5 heteroatoms. The maximum Gasteiger partial charge on any atom is 0.151 e. The number of hydrogen-bond donors (Lipinski definition) is 1. The van der Waals surface area contributed by atoms with E-state index in [0.29, 0.717) is 0 Å². The molecule has 0 bridgehead atoms. The van der Waals surface area contributed by atoms with Gasteiger partial charge in [-0.1, -0.05) is 0 Å². The Morgan fingerprint density at radius 3 is 2.60 bits per heavy atom. The summed E-state index contributed by atoms with van der Waals surface area (Å²) >= 11 is 0. The van der Waals surface area contributed by atoms with Gasteiger partial charge in [0.2, 0.25) is 0 Å². The number of aryl methyl sites for hydroxylation is 2. The highest BCUT2D eigenvalue weighted by molar-refractivity contribution is 5.47. The van der Waals surface area contributed by atoms with Gasteiger partial charge in [-0.05, 0) is 37.6 Å². The highest BCUT2D eigenvalue weighted by Gasteiger charge is 2.16. The van der Waals surface area contributed by atoms with Crippen molar-refractivity contribution in [3.05, 3.63) is 41.3 Å². The molecule has 1 aromatic carbocycles. The number of rotatable bonds is 2. The SMILES string of the molecule is Cc1cc(F)ccc1-n1nc(N2CCNCC2)cc1C. The fourth-order valence-corrected chi connectivity index (χ4v) is 2.61. The highest BCUT2D eigenvalue weighted by atomic mass is 19.1. The first-order valence-electron chi connectivity index (χ1n) is 6.94. The van der Waals surface area contributed by atoms with Crippen LogP contribution >= 0.6 is 0 Å². The minimum atomic E-state index is -0.210. The Bertz CT molecular complexity index is 614. The van der Waals surface area contributed by atoms with Gasteiger partial charge in [-0.15, -0.1) is 0 Å². The number of benzene rings is 1. The molecule has 2 aromatic rings. The van der Waals surface area contributed by atoms with Gasteiger partial charge >= 0.3 is 0 Å². The van der Waals surface area contributed by atoms with E-state index in [2.05, 4.69) is 21.4 Å². The highest BCUT2D eigenvalue weighted by Crippen LogP contribution is 2.21. The van der Waals surface area contributed by atoms with E-state index in [9.17, 15) is 4.39 Å². The lowest BCUT2D eigenvalue weighted by Gasteiger charge is -2.27. The summed E-state index contributed by atoms with van der Waals surface area (Å²) in [5.74, 6) is 0.783. The zero-order chi connectivity index (χ0) is 14.1. The van der Waals surface area contributed by atoms with E-state index in [0.717, 1.165) is 48.9 Å². The second-order valence-electron chi connectivity index (χ2n) is 5.22. The third-order valence-corrected chi connectivity index (χ3v) is 3.70. The Hall–Kier alpha value is -1.88. The van der Waals surface area contributed by atoms with Crippen LogP contribution in [0.25, 0.3) is 5.69 Å². The minimum absolute atomic E-state index is 0.210. The van der Waals surface area contributed by atoms with Gasteiger partial charge in [0.25, 0.3) is 0 Å². The van der Waals surface area contributed by atoms with Gasteiger partial charge in [0.15, 0.2) is 5.82 Å². The predicted octanol–water partition coefficient (Wildman–Crippen LogP) is 2.04. The summed E-state index contributed by atoms with van der Waals surface area (Å²) in [6.07, 6.45) is 0. The van der Waals surface area contributed by atoms with E-state index >= 15 is 0 Å². The smallest absolute Gasteiger partial charge is 0.151 e. The van der Waals surface area contributed by atoms with Crippen molar-refractivity contribution in [1.29, 1.82) is 0 Å². The van der Waals surface area contributed by atoms with Crippen LogP contribution in [-0.2, 0) is 0 Å². The lowest BCUT2D eigenvalue weighted by atomic mass is 10.2. The van der Waals surface area contributed by atoms with E-state index in [-0.39, 0.29) is 5.82 Å². The summed E-state index contributed by atoms with van der Waals surface area (Å²) in [4.78, 5) is 2.28. The van der Waals surface area contributed by atoms with Crippen molar-refractivity contribution in [2.24, 2.45) is 0 Å². The van der Waals surface area contributed by atoms with Crippen molar-refractivity contribution in [2.75, 3.05) is 31.1 Å². The maximum atomic E-state index is 13.2. The van der Waals surface area contributed by atoms with Crippen molar-refractivity contribution in [1.82, 2.24) is 15.1 Å². The summed E-state index contributed by atoms with van der Waals surface area (Å²) in [5, 5.41) is 8.02. The van der Waals surface area contributed by atoms with Crippen LogP contribution in [0.15, 0.2) is 24.3 Å². The third kappa shape index (κ3) is 2.41. The van der Waals surface area contributed by atoms with Crippen molar-refractivity contribution in [3.8, 4) is 5.69 Å². The molecule has 0 amide bonds. The molecule has 0 spiro atoms. The molecule has 1 aromatic heterocycles. The fourth-order valence-electron chi connectivity index (χ4n) is 2.61. The average Bonchev–Trinajstić information content (AvgIpc) is 2.82. The number of hydrogen-bond acceptors (Lipinski definition) is 3. The number of anilines is 1. The molecular formula is C15H19FN4. The van der Waals surface area contributed by atoms with E-state index in [1.807, 2.05) is 18.5 Å². The van der Waals surface area contributed by atoms with Crippen LogP contribution < -0.4 is 10.2 Å². The van der Waals surface area contributed by atoms with Gasteiger partial charge in [0.05, 0.1) is 5.69 Å². The lowest BCUT2D eigenvalue weighted by Crippen LogP contribution is -2.43. The molecule has 106 valence electrons. The molecule has 1 aliphatic rings. The molecule has 2 heterocycles. The molecule has 0 aliphatic carbocycles. The van der Waals surface area contributed by atoms with E-state index in [1.165, 1.54) is 6.07 Å². The number of nitrogens with zero attached hydrogens (tertiary/aromatic N) is 3. The van der Waals surface area contributed by atoms with Gasteiger partial charge in [0.1, 0.15) is 5.82 Å². The largest absolute Gasteiger partial charge is 0.353 e. The zero-order valence-electron chi connectivity index (χ0n) is 11.9. The molecule has 20 heavy (non-hydrogen) atoms. The summed E-state index contributed by atoms with van der Waals surface area (Å²) < 4.78 is 15.1. The molecule has 1 aliphatic heterocycles. The van der Waals surface area contributed by atoms with Crippen LogP contribution in [0.2, 0.25) is 0 Å². The summed E-state index contributed by atoms with van der Waals surface area (Å²) in [6, 6.07) is 6.90. The molecule has 0 radical (unpaired) electrons. The summed E-state index contributed by atoms with van der Waals surface area (Å²) in [5.41, 5.74) is 2.89. The van der Waals surface area contributed by atoms with E-state index in [1.54, 1.807) is 12.1 Å². The molecule has 1 N–H and O–H groups in total. The van der Waals surface area contributed by atoms with E-state index in [4.69, 9.17) is 0 Å². The Balaban J connectivity index is 1.95. The van der Waals surface area contributed by atoms with Crippen LogP contribution in [0.3, 0.4) is 0 Å². The molecule has 0 atom stereocenters. The van der Waals surface area contributed by atoms with Crippen LogP contribution in [0.4, 0.5) is 10.2 Å². The fraction of sp³-hybridized carbons (Fsp3) is 0.400. The maximum absolute atomic E-state index is 13.2. The first-order valence-corrected chi connectivity index (χ1v) is 6.94. The number of halogens is 1. The monoisotopic (exact) mass is 274 g/mol. The third-order valence-electron chi connectivity index (χ3n) is 3.70. The average molecular weight is 274 g/mol. The Labute approximate surface area is 118 Å². The van der Waals surface area contributed by atoms with Gasteiger partial charge < -0.3 is 10.2 Å². The topological polar surface area (TPSA) is 33.1 Å². The molecule has 1 fully saturated rings. The first-order chi connectivity index (χ1) is 9.65. The minimum Gasteiger partial charge on any atom is -0.353 e. The number of aromatic nitrogens is 2. The second kappa shape index (κ2) is 5.25. The van der Waals surface area contributed by atoms with Crippen LogP contribution in [0.1, 0.15) is 11.3 Å². The second-order valence-corrected chi connectivity index (χ2v) is 5.22. The predicted molar refractivity (Wildman–Crippen MR) is 78.1 cm³/mol. The Morgan fingerprint density at radius 2 is 1.90 bits per heavy atom. The molecule has 0 saturated carbocycles. The standard InChI is InChI=1S/C15H19FN4/c1-11-9-13(16)3-4-14(11)20-12(2)10-15(18-20)19-7-5-17-6-8-19/h3-4,9-10,17H,5-8H2,1-2H3. The van der Waals surface area contributed by atoms with Crippen molar-refractivity contribution >= 4 is 5.82 Å². The first kappa shape index (κ1) is 13.1. The molecular weight excluding hydrogens is 255 g/mol. The quantitative estimate of drug-likeness (QED) is 0.909. The number of nitrogens with one attached hydrogen (secondary N) is 1. The van der Waals surface area contributed by atoms with Gasteiger partial charge in [-0.3, -0.25) is 0 Å². The number of piperazine rings is 1. The van der Waals surface area contributed by atoms with Crippen molar-refractivity contribution in [2.45, 2.75) is 13.8 Å². The molecule has 4 nitrogen and oxygen atoms in total. The Kier molecular flexibility index (Phi) is 3.44. The van der Waals surface area contributed by atoms with Crippen molar-refractivity contribution < 1.29 is 4.39 Å². The molecule has 3 rings (SSSR count). The summed E-state index contributed by atoms with van der Waals surface area (Å²) in [7, 11) is 0. The zero-order valence-corrected chi connectivity index (χ0v) is 11.9. The van der Waals surface area contributed by atoms with Gasteiger partial charge in [-0.25, -0.2) is 9.07 Å². The van der Waals surface area contributed by atoms with Gasteiger partial charge in [-0.2, -0.15) is 5.10 Å². The van der Waals surface area contributed by atoms with Gasteiger partial charge in [0, 0.05) is 37.9 Å². The lowest BCUT2D eigenvalue weighted by molar-refractivity contribution is 0.583. The van der Waals surface area contributed by atoms with Crippen LogP contribution in [0.5, 0.6) is 0 Å². The van der Waals surface area contributed by atoms with Crippen molar-refractivity contribution in [3.63, 3.8) is 0 Å². The van der Waals surface area contributed by atoms with Crippen LogP contribution in [0, 0.1) is 19.7 Å². The van der Waals surface area contributed by atoms with E-state index < -0.39 is 0 Å². The molecule has 0 unspecified atom stereocenters. The normalized spacial score (nSPS) is 15.7. The van der Waals surface area contributed by atoms with Crippen LogP contribution in [-0.4, -0.2) is 36.0 Å². The summed E-state index contributed by atoms with van der Waals surface area (Å²) in [6.45, 7) is 7.85. The molecule has 1 saturated heterocycles. The Morgan fingerprint density at radius 1 is 1.15 bits per heavy atom.